The maximum absolute atomic E-state index is 14.0. The van der Waals surface area contributed by atoms with E-state index in [-0.39, 0.29) is 24.2 Å². The molecule has 32 heavy (non-hydrogen) atoms. The van der Waals surface area contributed by atoms with Crippen LogP contribution in [-0.2, 0) is 4.79 Å². The minimum Gasteiger partial charge on any atom is -0.369 e. The van der Waals surface area contributed by atoms with E-state index in [9.17, 15) is 14.0 Å². The Morgan fingerprint density at radius 2 is 1.75 bits per heavy atom. The van der Waals surface area contributed by atoms with Crippen molar-refractivity contribution < 1.29 is 14.0 Å². The first-order valence-corrected chi connectivity index (χ1v) is 11.2. The fraction of sp³-hybridized carbons (Fsp3) is 0.440. The van der Waals surface area contributed by atoms with Crippen LogP contribution in [0.4, 0.5) is 10.1 Å². The summed E-state index contributed by atoms with van der Waals surface area (Å²) in [5.74, 6) is -0.947. The Kier molecular flexibility index (Phi) is 7.85. The minimum absolute atomic E-state index is 0.143. The average Bonchev–Trinajstić information content (AvgIpc) is 2.79. The van der Waals surface area contributed by atoms with Gasteiger partial charge in [-0.15, -0.1) is 0 Å². The summed E-state index contributed by atoms with van der Waals surface area (Å²) in [6, 6.07) is 9.78. The zero-order valence-corrected chi connectivity index (χ0v) is 19.4. The predicted molar refractivity (Wildman–Crippen MR) is 126 cm³/mol. The van der Waals surface area contributed by atoms with Crippen LogP contribution in [0.5, 0.6) is 0 Å². The maximum atomic E-state index is 14.0. The number of rotatable bonds is 7. The van der Waals surface area contributed by atoms with E-state index < -0.39 is 6.04 Å². The number of nitrogens with one attached hydrogen (secondary N) is 2. The van der Waals surface area contributed by atoms with Crippen LogP contribution in [0, 0.1) is 19.7 Å². The average molecular weight is 441 g/mol. The molecule has 7 heteroatoms. The standard InChI is InChI=1S/C25H33FN4O2/c1-5-29-10-12-30(13-11-29)23-9-8-21(26)15-22(23)19(4)28-24(31)16-27-25(32)20-7-6-17(2)18(3)14-20/h6-9,14-15,19H,5,10-13,16H2,1-4H3,(H,27,32)(H,28,31). The summed E-state index contributed by atoms with van der Waals surface area (Å²) < 4.78 is 14.0. The van der Waals surface area contributed by atoms with E-state index in [0.29, 0.717) is 5.56 Å². The molecule has 2 aromatic carbocycles. The van der Waals surface area contributed by atoms with Crippen LogP contribution in [0.3, 0.4) is 0 Å². The molecule has 0 bridgehead atoms. The summed E-state index contributed by atoms with van der Waals surface area (Å²) in [4.78, 5) is 29.5. The van der Waals surface area contributed by atoms with E-state index in [1.54, 1.807) is 12.1 Å². The van der Waals surface area contributed by atoms with Crippen molar-refractivity contribution in [2.75, 3.05) is 44.2 Å². The second kappa shape index (κ2) is 10.6. The van der Waals surface area contributed by atoms with E-state index in [4.69, 9.17) is 0 Å². The lowest BCUT2D eigenvalue weighted by Crippen LogP contribution is -2.46. The van der Waals surface area contributed by atoms with Gasteiger partial charge in [0.05, 0.1) is 12.6 Å². The number of nitrogens with zero attached hydrogens (tertiary/aromatic N) is 2. The first-order valence-electron chi connectivity index (χ1n) is 11.2. The molecule has 0 aliphatic carbocycles. The highest BCUT2D eigenvalue weighted by Gasteiger charge is 2.22. The fourth-order valence-electron chi connectivity index (χ4n) is 3.98. The number of anilines is 1. The van der Waals surface area contributed by atoms with Crippen molar-refractivity contribution in [2.45, 2.75) is 33.7 Å². The Balaban J connectivity index is 1.61. The van der Waals surface area contributed by atoms with Crippen molar-refractivity contribution in [1.29, 1.82) is 0 Å². The van der Waals surface area contributed by atoms with Gasteiger partial charge in [0.25, 0.3) is 5.91 Å². The molecule has 0 saturated carbocycles. The summed E-state index contributed by atoms with van der Waals surface area (Å²) in [7, 11) is 0. The molecule has 172 valence electrons. The van der Waals surface area contributed by atoms with E-state index in [2.05, 4.69) is 27.4 Å². The smallest absolute Gasteiger partial charge is 0.251 e. The third-order valence-electron chi connectivity index (χ3n) is 6.17. The Labute approximate surface area is 189 Å². The third kappa shape index (κ3) is 5.85. The lowest BCUT2D eigenvalue weighted by molar-refractivity contribution is -0.120. The van der Waals surface area contributed by atoms with Crippen LogP contribution < -0.4 is 15.5 Å². The number of hydrogen-bond acceptors (Lipinski definition) is 4. The number of halogens is 1. The molecule has 1 fully saturated rings. The van der Waals surface area contributed by atoms with Crippen molar-refractivity contribution in [3.8, 4) is 0 Å². The van der Waals surface area contributed by atoms with Gasteiger partial charge in [0.2, 0.25) is 5.91 Å². The van der Waals surface area contributed by atoms with Gasteiger partial charge >= 0.3 is 0 Å². The van der Waals surface area contributed by atoms with E-state index >= 15 is 0 Å². The molecule has 1 aliphatic rings. The van der Waals surface area contributed by atoms with Crippen LogP contribution in [0.25, 0.3) is 0 Å². The van der Waals surface area contributed by atoms with Gasteiger partial charge < -0.3 is 20.4 Å². The van der Waals surface area contributed by atoms with Crippen molar-refractivity contribution >= 4 is 17.5 Å². The molecule has 1 heterocycles. The van der Waals surface area contributed by atoms with E-state index in [1.165, 1.54) is 12.1 Å². The molecule has 1 aliphatic heterocycles. The quantitative estimate of drug-likeness (QED) is 0.694. The van der Waals surface area contributed by atoms with Gasteiger partial charge in [-0.05, 0) is 68.8 Å². The number of likely N-dealkylation sites (N-methyl/N-ethyl adjacent to an activating group) is 1. The van der Waals surface area contributed by atoms with Crippen LogP contribution in [0.2, 0.25) is 0 Å². The number of carbonyl (C=O) groups excluding carboxylic acids is 2. The predicted octanol–water partition coefficient (Wildman–Crippen LogP) is 3.19. The van der Waals surface area contributed by atoms with Crippen LogP contribution in [-0.4, -0.2) is 56.0 Å². The van der Waals surface area contributed by atoms with Crippen molar-refractivity contribution in [3.63, 3.8) is 0 Å². The molecule has 0 aromatic heterocycles. The zero-order chi connectivity index (χ0) is 23.3. The van der Waals surface area contributed by atoms with Gasteiger partial charge in [-0.1, -0.05) is 13.0 Å². The van der Waals surface area contributed by atoms with Crippen molar-refractivity contribution in [1.82, 2.24) is 15.5 Å². The number of benzene rings is 2. The summed E-state index contributed by atoms with van der Waals surface area (Å²) in [5.41, 5.74) is 4.33. The highest BCUT2D eigenvalue weighted by atomic mass is 19.1. The highest BCUT2D eigenvalue weighted by molar-refractivity contribution is 5.96. The van der Waals surface area contributed by atoms with Gasteiger partial charge in [-0.3, -0.25) is 9.59 Å². The fourth-order valence-corrected chi connectivity index (χ4v) is 3.98. The molecule has 3 rings (SSSR count). The first-order chi connectivity index (χ1) is 15.3. The SMILES string of the molecule is CCN1CCN(c2ccc(F)cc2C(C)NC(=O)CNC(=O)c2ccc(C)c(C)c2)CC1. The molecule has 6 nitrogen and oxygen atoms in total. The normalized spacial score (nSPS) is 15.3. The molecule has 1 saturated heterocycles. The molecule has 0 radical (unpaired) electrons. The molecule has 0 spiro atoms. The number of piperazine rings is 1. The molecular formula is C25H33FN4O2. The summed E-state index contributed by atoms with van der Waals surface area (Å²) in [6.07, 6.45) is 0. The first kappa shape index (κ1) is 23.7. The van der Waals surface area contributed by atoms with E-state index in [0.717, 1.165) is 55.1 Å². The molecule has 2 N–H and O–H groups in total. The van der Waals surface area contributed by atoms with Crippen LogP contribution in [0.15, 0.2) is 36.4 Å². The zero-order valence-electron chi connectivity index (χ0n) is 19.4. The van der Waals surface area contributed by atoms with Crippen LogP contribution >= 0.6 is 0 Å². The minimum atomic E-state index is -0.393. The Hall–Kier alpha value is -2.93. The number of amides is 2. The van der Waals surface area contributed by atoms with Crippen molar-refractivity contribution in [2.24, 2.45) is 0 Å². The Morgan fingerprint density at radius 3 is 2.41 bits per heavy atom. The lowest BCUT2D eigenvalue weighted by atomic mass is 10.0. The molecule has 1 unspecified atom stereocenters. The topological polar surface area (TPSA) is 64.7 Å². The van der Waals surface area contributed by atoms with Gasteiger partial charge in [-0.2, -0.15) is 0 Å². The lowest BCUT2D eigenvalue weighted by Gasteiger charge is -2.37. The maximum Gasteiger partial charge on any atom is 0.251 e. The second-order valence-electron chi connectivity index (χ2n) is 8.40. The van der Waals surface area contributed by atoms with Gasteiger partial charge in [0.1, 0.15) is 5.82 Å². The molecule has 2 amide bonds. The monoisotopic (exact) mass is 440 g/mol. The summed E-state index contributed by atoms with van der Waals surface area (Å²) >= 11 is 0. The largest absolute Gasteiger partial charge is 0.369 e. The number of hydrogen-bond donors (Lipinski definition) is 2. The van der Waals surface area contributed by atoms with Gasteiger partial charge in [-0.25, -0.2) is 4.39 Å². The van der Waals surface area contributed by atoms with Crippen molar-refractivity contribution in [3.05, 3.63) is 64.5 Å². The third-order valence-corrected chi connectivity index (χ3v) is 6.17. The number of carbonyl (C=O) groups is 2. The summed E-state index contributed by atoms with van der Waals surface area (Å²) in [6.45, 7) is 12.4. The Morgan fingerprint density at radius 1 is 1.03 bits per heavy atom. The molecular weight excluding hydrogens is 407 g/mol. The number of aryl methyl sites for hydroxylation is 2. The van der Waals surface area contributed by atoms with E-state index in [1.807, 2.05) is 32.9 Å². The highest BCUT2D eigenvalue weighted by Crippen LogP contribution is 2.28. The van der Waals surface area contributed by atoms with Crippen LogP contribution in [0.1, 0.15) is 46.9 Å². The van der Waals surface area contributed by atoms with Gasteiger partial charge in [0.15, 0.2) is 0 Å². The molecule has 2 aromatic rings. The second-order valence-corrected chi connectivity index (χ2v) is 8.40. The summed E-state index contributed by atoms with van der Waals surface area (Å²) in [5, 5.41) is 5.55. The molecule has 1 atom stereocenters. The Bertz CT molecular complexity index is 970. The van der Waals surface area contributed by atoms with Gasteiger partial charge in [0, 0.05) is 43.0 Å².